The van der Waals surface area contributed by atoms with Crippen molar-refractivity contribution in [1.82, 2.24) is 15.0 Å². The second-order valence-electron chi connectivity index (χ2n) is 7.60. The van der Waals surface area contributed by atoms with Gasteiger partial charge in [0, 0.05) is 30.2 Å². The molecule has 28 heavy (non-hydrogen) atoms. The molecule has 150 valence electrons. The quantitative estimate of drug-likeness (QED) is 0.596. The summed E-state index contributed by atoms with van der Waals surface area (Å²) in [4.78, 5) is 24.5. The molecule has 0 fully saturated rings. The van der Waals surface area contributed by atoms with E-state index in [0.29, 0.717) is 17.8 Å². The third-order valence-corrected chi connectivity index (χ3v) is 5.38. The molecule has 0 saturated heterocycles. The van der Waals surface area contributed by atoms with Crippen LogP contribution in [-0.4, -0.2) is 32.6 Å². The first-order valence-electron chi connectivity index (χ1n) is 10.4. The first-order chi connectivity index (χ1) is 13.6. The molecule has 2 N–H and O–H groups in total. The molecule has 1 aliphatic rings. The zero-order valence-electron chi connectivity index (χ0n) is 16.7. The highest BCUT2D eigenvalue weighted by Crippen LogP contribution is 2.23. The number of carbonyl (C=O) groups is 1. The molecule has 0 saturated carbocycles. The molecule has 6 heteroatoms. The van der Waals surface area contributed by atoms with E-state index >= 15 is 0 Å². The van der Waals surface area contributed by atoms with Gasteiger partial charge in [0.1, 0.15) is 11.6 Å². The number of aryl methyl sites for hydroxylation is 3. The van der Waals surface area contributed by atoms with Crippen molar-refractivity contribution < 1.29 is 9.90 Å². The van der Waals surface area contributed by atoms with Gasteiger partial charge in [-0.15, -0.1) is 0 Å². The summed E-state index contributed by atoms with van der Waals surface area (Å²) in [5.41, 5.74) is 3.20. The number of fused-ring (bicyclic) bond motifs is 1. The Morgan fingerprint density at radius 2 is 1.89 bits per heavy atom. The molecule has 0 spiro atoms. The summed E-state index contributed by atoms with van der Waals surface area (Å²) in [6, 6.07) is 4.37. The number of unbranched alkanes of at least 4 members (excludes halogenated alkanes) is 4. The van der Waals surface area contributed by atoms with E-state index in [2.05, 4.69) is 27.4 Å². The number of nitrogens with zero attached hydrogens (tertiary/aromatic N) is 3. The monoisotopic (exact) mass is 382 g/mol. The normalized spacial score (nSPS) is 14.2. The van der Waals surface area contributed by atoms with Crippen LogP contribution in [0.4, 0.5) is 5.82 Å². The van der Waals surface area contributed by atoms with E-state index in [0.717, 1.165) is 57.3 Å². The number of aliphatic carboxylic acids is 1. The van der Waals surface area contributed by atoms with Crippen LogP contribution in [0.1, 0.15) is 73.5 Å². The Morgan fingerprint density at radius 3 is 2.68 bits per heavy atom. The van der Waals surface area contributed by atoms with Gasteiger partial charge in [-0.2, -0.15) is 0 Å². The molecule has 0 amide bonds. The molecule has 3 heterocycles. The van der Waals surface area contributed by atoms with E-state index in [-0.39, 0.29) is 0 Å². The van der Waals surface area contributed by atoms with Crippen LogP contribution in [0.3, 0.4) is 0 Å². The van der Waals surface area contributed by atoms with Crippen molar-refractivity contribution in [2.75, 3.05) is 11.9 Å². The van der Waals surface area contributed by atoms with Crippen molar-refractivity contribution >= 4 is 11.8 Å². The van der Waals surface area contributed by atoms with Crippen molar-refractivity contribution in [2.45, 2.75) is 70.6 Å². The average Bonchev–Trinajstić information content (AvgIpc) is 2.70. The topological polar surface area (TPSA) is 88.0 Å². The van der Waals surface area contributed by atoms with Gasteiger partial charge in [-0.05, 0) is 50.7 Å². The Hall–Kier alpha value is -2.50. The lowest BCUT2D eigenvalue weighted by molar-refractivity contribution is -0.139. The van der Waals surface area contributed by atoms with Gasteiger partial charge in [0.2, 0.25) is 0 Å². The summed E-state index contributed by atoms with van der Waals surface area (Å²) in [5, 5.41) is 12.9. The van der Waals surface area contributed by atoms with E-state index in [9.17, 15) is 9.90 Å². The maximum Gasteiger partial charge on any atom is 0.311 e. The van der Waals surface area contributed by atoms with E-state index in [4.69, 9.17) is 4.98 Å². The Bertz CT molecular complexity index is 777. The summed E-state index contributed by atoms with van der Waals surface area (Å²) in [5.74, 6) is 0.438. The first-order valence-corrected chi connectivity index (χ1v) is 10.4. The summed E-state index contributed by atoms with van der Waals surface area (Å²) < 4.78 is 0. The van der Waals surface area contributed by atoms with Crippen molar-refractivity contribution in [1.29, 1.82) is 0 Å². The van der Waals surface area contributed by atoms with Crippen molar-refractivity contribution in [3.05, 3.63) is 47.2 Å². The lowest BCUT2D eigenvalue weighted by atomic mass is 9.95. The smallest absolute Gasteiger partial charge is 0.311 e. The lowest BCUT2D eigenvalue weighted by Crippen LogP contribution is -2.14. The molecule has 1 aliphatic heterocycles. The molecule has 2 aromatic rings. The average molecular weight is 383 g/mol. The van der Waals surface area contributed by atoms with Gasteiger partial charge in [-0.1, -0.05) is 31.7 Å². The minimum absolute atomic E-state index is 0.507. The molecule has 0 bridgehead atoms. The van der Waals surface area contributed by atoms with Crippen LogP contribution >= 0.6 is 0 Å². The van der Waals surface area contributed by atoms with Crippen LogP contribution in [0, 0.1) is 6.92 Å². The lowest BCUT2D eigenvalue weighted by Gasteiger charge is -2.17. The zero-order chi connectivity index (χ0) is 19.8. The number of anilines is 1. The Balaban J connectivity index is 1.34. The number of hydrogen-bond acceptors (Lipinski definition) is 5. The van der Waals surface area contributed by atoms with Crippen LogP contribution in [0.2, 0.25) is 0 Å². The standard InChI is InChI=1S/C22H30N4O2/c1-16-24-14-18(15-25-16)20(22(27)28)10-6-4-2-3-5-9-19-12-11-17-8-7-13-23-21(17)26-19/h11-12,14-15,20H,2-10,13H2,1H3,(H,23,26)(H,27,28). The molecular weight excluding hydrogens is 352 g/mol. The highest BCUT2D eigenvalue weighted by atomic mass is 16.4. The minimum atomic E-state index is -0.792. The van der Waals surface area contributed by atoms with Gasteiger partial charge in [0.05, 0.1) is 5.92 Å². The Morgan fingerprint density at radius 1 is 1.14 bits per heavy atom. The Kier molecular flexibility index (Phi) is 7.34. The highest BCUT2D eigenvalue weighted by Gasteiger charge is 2.20. The van der Waals surface area contributed by atoms with Gasteiger partial charge in [-0.25, -0.2) is 15.0 Å². The molecule has 0 aliphatic carbocycles. The second-order valence-corrected chi connectivity index (χ2v) is 7.60. The molecule has 0 aromatic carbocycles. The minimum Gasteiger partial charge on any atom is -0.481 e. The van der Waals surface area contributed by atoms with E-state index in [1.54, 1.807) is 19.3 Å². The molecule has 2 aromatic heterocycles. The summed E-state index contributed by atoms with van der Waals surface area (Å²) >= 11 is 0. The molecule has 1 atom stereocenters. The fourth-order valence-corrected chi connectivity index (χ4v) is 3.71. The van der Waals surface area contributed by atoms with Crippen LogP contribution in [-0.2, 0) is 17.6 Å². The number of aromatic nitrogens is 3. The van der Waals surface area contributed by atoms with Crippen LogP contribution in [0.5, 0.6) is 0 Å². The van der Waals surface area contributed by atoms with Crippen molar-refractivity contribution in [3.63, 3.8) is 0 Å². The molecule has 6 nitrogen and oxygen atoms in total. The summed E-state index contributed by atoms with van der Waals surface area (Å²) in [6.07, 6.45) is 12.6. The number of pyridine rings is 1. The van der Waals surface area contributed by atoms with E-state index < -0.39 is 11.9 Å². The molecular formula is C22H30N4O2. The van der Waals surface area contributed by atoms with Gasteiger partial charge < -0.3 is 10.4 Å². The number of nitrogens with one attached hydrogen (secondary N) is 1. The number of carboxylic acid groups (broad SMARTS) is 1. The summed E-state index contributed by atoms with van der Waals surface area (Å²) in [6.45, 7) is 2.82. The van der Waals surface area contributed by atoms with Gasteiger partial charge in [0.15, 0.2) is 0 Å². The third kappa shape index (κ3) is 5.75. The number of carboxylic acids is 1. The van der Waals surface area contributed by atoms with Crippen molar-refractivity contribution in [3.8, 4) is 0 Å². The van der Waals surface area contributed by atoms with Crippen LogP contribution < -0.4 is 5.32 Å². The predicted octanol–water partition coefficient (Wildman–Crippen LogP) is 4.29. The van der Waals surface area contributed by atoms with Gasteiger partial charge in [-0.3, -0.25) is 4.79 Å². The number of hydrogen-bond donors (Lipinski definition) is 2. The first kappa shape index (κ1) is 20.2. The fraction of sp³-hybridized carbons (Fsp3) is 0.545. The van der Waals surface area contributed by atoms with Gasteiger partial charge in [0.25, 0.3) is 0 Å². The largest absolute Gasteiger partial charge is 0.481 e. The van der Waals surface area contributed by atoms with E-state index in [1.807, 2.05) is 0 Å². The second kappa shape index (κ2) is 10.2. The molecule has 1 unspecified atom stereocenters. The Labute approximate surface area is 166 Å². The van der Waals surface area contributed by atoms with Crippen molar-refractivity contribution in [2.24, 2.45) is 0 Å². The predicted molar refractivity (Wildman–Crippen MR) is 110 cm³/mol. The summed E-state index contributed by atoms with van der Waals surface area (Å²) in [7, 11) is 0. The zero-order valence-corrected chi connectivity index (χ0v) is 16.7. The SMILES string of the molecule is Cc1ncc(C(CCCCCCCc2ccc3c(n2)NCCC3)C(=O)O)cn1. The highest BCUT2D eigenvalue weighted by molar-refractivity contribution is 5.75. The molecule has 0 radical (unpaired) electrons. The maximum absolute atomic E-state index is 11.5. The van der Waals surface area contributed by atoms with Gasteiger partial charge >= 0.3 is 5.97 Å². The van der Waals surface area contributed by atoms with Crippen LogP contribution in [0.25, 0.3) is 0 Å². The fourth-order valence-electron chi connectivity index (χ4n) is 3.71. The maximum atomic E-state index is 11.5. The van der Waals surface area contributed by atoms with Crippen LogP contribution in [0.15, 0.2) is 24.5 Å². The third-order valence-electron chi connectivity index (χ3n) is 5.38. The number of rotatable bonds is 10. The van der Waals surface area contributed by atoms with E-state index in [1.165, 1.54) is 17.7 Å². The molecule has 3 rings (SSSR count).